The van der Waals surface area contributed by atoms with Crippen LogP contribution in [0.1, 0.15) is 36.0 Å². The number of ether oxygens (including phenoxy) is 1. The lowest BCUT2D eigenvalue weighted by molar-refractivity contribution is -0.0732. The van der Waals surface area contributed by atoms with E-state index >= 15 is 0 Å². The smallest absolute Gasteiger partial charge is 0.183 e. The van der Waals surface area contributed by atoms with Crippen LogP contribution in [0.3, 0.4) is 0 Å². The minimum atomic E-state index is -0.324. The summed E-state index contributed by atoms with van der Waals surface area (Å²) in [5, 5.41) is 9.59. The van der Waals surface area contributed by atoms with Gasteiger partial charge >= 0.3 is 0 Å². The Hall–Kier alpha value is -1.09. The van der Waals surface area contributed by atoms with Crippen molar-refractivity contribution in [3.05, 3.63) is 35.4 Å². The van der Waals surface area contributed by atoms with E-state index < -0.39 is 0 Å². The van der Waals surface area contributed by atoms with Crippen molar-refractivity contribution in [1.29, 1.82) is 5.26 Å². The second-order valence-electron chi connectivity index (χ2n) is 4.76. The van der Waals surface area contributed by atoms with Crippen molar-refractivity contribution in [1.82, 2.24) is 9.80 Å². The van der Waals surface area contributed by atoms with E-state index in [1.54, 1.807) is 12.0 Å². The quantitative estimate of drug-likeness (QED) is 0.624. The molecule has 2 rings (SSSR count). The Morgan fingerprint density at radius 2 is 1.90 bits per heavy atom. The lowest BCUT2D eigenvalue weighted by Gasteiger charge is -2.46. The normalized spacial score (nSPS) is 25.4. The molecule has 108 valence electrons. The first-order valence-corrected chi connectivity index (χ1v) is 7.78. The first-order chi connectivity index (χ1) is 9.69. The van der Waals surface area contributed by atoms with Crippen molar-refractivity contribution < 1.29 is 4.74 Å². The van der Waals surface area contributed by atoms with Crippen molar-refractivity contribution in [3.8, 4) is 6.19 Å². The monoisotopic (exact) mass is 337 g/mol. The summed E-state index contributed by atoms with van der Waals surface area (Å²) in [6.45, 7) is 6.00. The predicted octanol–water partition coefficient (Wildman–Crippen LogP) is 3.23. The molecule has 0 saturated heterocycles. The second kappa shape index (κ2) is 6.57. The summed E-state index contributed by atoms with van der Waals surface area (Å²) in [5.74, 6) is 0. The molecule has 0 bridgehead atoms. The molecule has 0 spiro atoms. The fourth-order valence-corrected chi connectivity index (χ4v) is 3.89. The van der Waals surface area contributed by atoms with Gasteiger partial charge in [-0.3, -0.25) is 9.80 Å². The third-order valence-electron chi connectivity index (χ3n) is 3.88. The minimum absolute atomic E-state index is 0.0325. The molecule has 0 saturated carbocycles. The summed E-state index contributed by atoms with van der Waals surface area (Å²) in [4.78, 5) is 4.10. The van der Waals surface area contributed by atoms with Crippen LogP contribution in [-0.4, -0.2) is 36.2 Å². The largest absolute Gasteiger partial charge is 0.357 e. The van der Waals surface area contributed by atoms with Crippen LogP contribution in [0.5, 0.6) is 0 Å². The van der Waals surface area contributed by atoms with E-state index in [0.29, 0.717) is 0 Å². The Morgan fingerprint density at radius 1 is 1.30 bits per heavy atom. The Morgan fingerprint density at radius 3 is 2.40 bits per heavy atom. The maximum Gasteiger partial charge on any atom is 0.183 e. The molecular weight excluding hydrogens is 318 g/mol. The molecule has 3 atom stereocenters. The van der Waals surface area contributed by atoms with Crippen molar-refractivity contribution >= 4 is 15.9 Å². The molecule has 0 N–H and O–H groups in total. The molecule has 1 heterocycles. The fourth-order valence-electron chi connectivity index (χ4n) is 2.89. The van der Waals surface area contributed by atoms with Crippen molar-refractivity contribution in [2.75, 3.05) is 20.2 Å². The predicted molar refractivity (Wildman–Crippen MR) is 82.0 cm³/mol. The molecule has 0 amide bonds. The first kappa shape index (κ1) is 15.3. The van der Waals surface area contributed by atoms with Gasteiger partial charge in [0.15, 0.2) is 12.4 Å². The molecule has 0 radical (unpaired) electrons. The lowest BCUT2D eigenvalue weighted by atomic mass is 9.95. The Kier molecular flexibility index (Phi) is 5.03. The number of benzene rings is 1. The Bertz CT molecular complexity index is 498. The summed E-state index contributed by atoms with van der Waals surface area (Å²) >= 11 is 3.78. The highest BCUT2D eigenvalue weighted by Gasteiger charge is 2.41. The summed E-state index contributed by atoms with van der Waals surface area (Å²) in [6, 6.07) is 8.14. The molecule has 0 aromatic heterocycles. The van der Waals surface area contributed by atoms with Gasteiger partial charge in [0.05, 0.1) is 4.83 Å². The standard InChI is InChI=1S/C15H20BrN3O/c1-4-18(5-2)14-13(16)11-8-6-7-9-12(11)15(20-3)19(14)10-17/h6-9,13-15H,4-5H2,1-3H3. The van der Waals surface area contributed by atoms with E-state index in [0.717, 1.165) is 18.7 Å². The average Bonchev–Trinajstić information content (AvgIpc) is 2.50. The van der Waals surface area contributed by atoms with Gasteiger partial charge in [0.1, 0.15) is 6.17 Å². The van der Waals surface area contributed by atoms with E-state index in [-0.39, 0.29) is 17.2 Å². The van der Waals surface area contributed by atoms with Gasteiger partial charge < -0.3 is 4.74 Å². The third kappa shape index (κ3) is 2.44. The minimum Gasteiger partial charge on any atom is -0.357 e. The lowest BCUT2D eigenvalue weighted by Crippen LogP contribution is -2.52. The van der Waals surface area contributed by atoms with E-state index in [1.807, 2.05) is 18.2 Å². The second-order valence-corrected chi connectivity index (χ2v) is 5.75. The number of fused-ring (bicyclic) bond motifs is 1. The van der Waals surface area contributed by atoms with Crippen molar-refractivity contribution in [2.45, 2.75) is 31.1 Å². The Balaban J connectivity index is 2.52. The van der Waals surface area contributed by atoms with Gasteiger partial charge in [-0.15, -0.1) is 0 Å². The Labute approximate surface area is 129 Å². The summed E-state index contributed by atoms with van der Waals surface area (Å²) in [5.41, 5.74) is 2.25. The fraction of sp³-hybridized carbons (Fsp3) is 0.533. The topological polar surface area (TPSA) is 39.5 Å². The number of halogens is 1. The molecule has 4 nitrogen and oxygen atoms in total. The molecule has 1 aliphatic heterocycles. The van der Waals surface area contributed by atoms with Crippen LogP contribution in [-0.2, 0) is 4.74 Å². The van der Waals surface area contributed by atoms with Gasteiger partial charge in [-0.2, -0.15) is 5.26 Å². The SMILES string of the molecule is CCN(CC)C1C(Br)c2ccccc2C(OC)N1C#N. The van der Waals surface area contributed by atoms with Crippen LogP contribution in [0, 0.1) is 11.5 Å². The van der Waals surface area contributed by atoms with Gasteiger partial charge in [0.2, 0.25) is 0 Å². The molecule has 3 unspecified atom stereocenters. The summed E-state index contributed by atoms with van der Waals surface area (Å²) < 4.78 is 5.59. The highest BCUT2D eigenvalue weighted by Crippen LogP contribution is 2.44. The number of nitrogens with zero attached hydrogens (tertiary/aromatic N) is 3. The number of rotatable bonds is 4. The number of hydrogen-bond donors (Lipinski definition) is 0. The molecule has 1 aromatic carbocycles. The van der Waals surface area contributed by atoms with E-state index in [1.165, 1.54) is 5.56 Å². The zero-order valence-electron chi connectivity index (χ0n) is 12.1. The van der Waals surface area contributed by atoms with Crippen molar-refractivity contribution in [2.24, 2.45) is 0 Å². The van der Waals surface area contributed by atoms with Crippen LogP contribution in [0.2, 0.25) is 0 Å². The van der Waals surface area contributed by atoms with E-state index in [9.17, 15) is 5.26 Å². The van der Waals surface area contributed by atoms with Crippen LogP contribution in [0.4, 0.5) is 0 Å². The number of hydrogen-bond acceptors (Lipinski definition) is 4. The van der Waals surface area contributed by atoms with Crippen LogP contribution < -0.4 is 0 Å². The van der Waals surface area contributed by atoms with Gasteiger partial charge in [-0.05, 0) is 18.7 Å². The summed E-state index contributed by atoms with van der Waals surface area (Å²) in [6.07, 6.45) is 1.96. The molecule has 5 heteroatoms. The van der Waals surface area contributed by atoms with Crippen molar-refractivity contribution in [3.63, 3.8) is 0 Å². The van der Waals surface area contributed by atoms with E-state index in [2.05, 4.69) is 46.9 Å². The van der Waals surface area contributed by atoms with Gasteiger partial charge in [0, 0.05) is 12.7 Å². The zero-order chi connectivity index (χ0) is 14.7. The first-order valence-electron chi connectivity index (χ1n) is 6.87. The highest BCUT2D eigenvalue weighted by atomic mass is 79.9. The molecule has 1 aliphatic rings. The number of alkyl halides is 1. The number of likely N-dealkylation sites (N-methyl/N-ethyl adjacent to an activating group) is 1. The maximum absolute atomic E-state index is 9.59. The molecule has 0 aliphatic carbocycles. The third-order valence-corrected chi connectivity index (χ3v) is 4.85. The molecule has 0 fully saturated rings. The summed E-state index contributed by atoms with van der Waals surface area (Å²) in [7, 11) is 1.65. The molecular formula is C15H20BrN3O. The molecule has 1 aromatic rings. The van der Waals surface area contributed by atoms with Gasteiger partial charge in [-0.1, -0.05) is 54.0 Å². The molecule has 20 heavy (non-hydrogen) atoms. The number of methoxy groups -OCH3 is 1. The number of nitriles is 1. The maximum atomic E-state index is 9.59. The average molecular weight is 338 g/mol. The van der Waals surface area contributed by atoms with E-state index in [4.69, 9.17) is 4.74 Å². The van der Waals surface area contributed by atoms with Gasteiger partial charge in [0.25, 0.3) is 0 Å². The van der Waals surface area contributed by atoms with Gasteiger partial charge in [-0.25, -0.2) is 0 Å². The highest BCUT2D eigenvalue weighted by molar-refractivity contribution is 9.09. The zero-order valence-corrected chi connectivity index (χ0v) is 13.7. The van der Waals surface area contributed by atoms with Crippen LogP contribution >= 0.6 is 15.9 Å². The van der Waals surface area contributed by atoms with Crippen LogP contribution in [0.15, 0.2) is 24.3 Å². The van der Waals surface area contributed by atoms with Crippen LogP contribution in [0.25, 0.3) is 0 Å².